The Morgan fingerprint density at radius 2 is 2.04 bits per heavy atom. The Morgan fingerprint density at radius 1 is 1.31 bits per heavy atom. The van der Waals surface area contributed by atoms with Gasteiger partial charge in [0, 0.05) is 23.9 Å². The zero-order valence-electron chi connectivity index (χ0n) is 16.2. The van der Waals surface area contributed by atoms with Crippen molar-refractivity contribution in [2.75, 3.05) is 7.11 Å². The molecule has 26 heavy (non-hydrogen) atoms. The van der Waals surface area contributed by atoms with Gasteiger partial charge in [-0.05, 0) is 63.0 Å². The number of fused-ring (bicyclic) bond motifs is 5. The minimum atomic E-state index is -0.779. The summed E-state index contributed by atoms with van der Waals surface area (Å²) in [4.78, 5) is 24.4. The van der Waals surface area contributed by atoms with E-state index in [2.05, 4.69) is 13.8 Å². The highest BCUT2D eigenvalue weighted by Gasteiger charge is 2.68. The number of aliphatic hydroxyl groups is 1. The molecule has 4 unspecified atom stereocenters. The summed E-state index contributed by atoms with van der Waals surface area (Å²) in [5, 5.41) is 11.3. The molecule has 0 saturated heterocycles. The molecule has 3 saturated carbocycles. The third kappa shape index (κ3) is 2.03. The molecule has 4 rings (SSSR count). The van der Waals surface area contributed by atoms with Gasteiger partial charge >= 0.3 is 0 Å². The number of hydrogen-bond acceptors (Lipinski definition) is 4. The highest BCUT2D eigenvalue weighted by atomic mass is 16.5. The maximum Gasteiger partial charge on any atom is 0.178 e. The van der Waals surface area contributed by atoms with E-state index in [9.17, 15) is 14.7 Å². The molecule has 4 aliphatic carbocycles. The summed E-state index contributed by atoms with van der Waals surface area (Å²) in [6.07, 6.45) is 9.12. The molecule has 4 aliphatic rings. The number of Topliss-reactive ketones (excluding diaryl/α,β-unsaturated/α-hetero) is 1. The van der Waals surface area contributed by atoms with E-state index in [-0.39, 0.29) is 28.3 Å². The maximum absolute atomic E-state index is 12.6. The highest BCUT2D eigenvalue weighted by molar-refractivity contribution is 6.01. The van der Waals surface area contributed by atoms with Crippen LogP contribution in [0, 0.1) is 28.6 Å². The van der Waals surface area contributed by atoms with E-state index in [1.54, 1.807) is 26.2 Å². The van der Waals surface area contributed by atoms with Crippen LogP contribution in [0.5, 0.6) is 0 Å². The molecular weight excluding hydrogens is 328 g/mol. The molecule has 4 nitrogen and oxygen atoms in total. The van der Waals surface area contributed by atoms with E-state index in [0.717, 1.165) is 31.3 Å². The van der Waals surface area contributed by atoms with Crippen LogP contribution in [0.25, 0.3) is 0 Å². The molecular formula is C22H30O4. The van der Waals surface area contributed by atoms with Crippen LogP contribution >= 0.6 is 0 Å². The summed E-state index contributed by atoms with van der Waals surface area (Å²) in [5.74, 6) is 0.956. The van der Waals surface area contributed by atoms with Gasteiger partial charge in [-0.25, -0.2) is 0 Å². The molecule has 0 aromatic heterocycles. The fourth-order valence-electron chi connectivity index (χ4n) is 7.37. The molecule has 142 valence electrons. The summed E-state index contributed by atoms with van der Waals surface area (Å²) < 4.78 is 5.88. The monoisotopic (exact) mass is 358 g/mol. The third-order valence-electron chi connectivity index (χ3n) is 8.53. The number of allylic oxidation sites excluding steroid dienone is 4. The first-order chi connectivity index (χ1) is 12.2. The Morgan fingerprint density at radius 3 is 2.69 bits per heavy atom. The van der Waals surface area contributed by atoms with Crippen LogP contribution < -0.4 is 0 Å². The SMILES string of the molecule is CO[C@]1(C(C)=O)CCC2C3CCC4=CC(=O)C=C[C@]4(C)C3C(O)C[C@@]21C. The van der Waals surface area contributed by atoms with Crippen molar-refractivity contribution in [3.05, 3.63) is 23.8 Å². The topological polar surface area (TPSA) is 63.6 Å². The maximum atomic E-state index is 12.6. The van der Waals surface area contributed by atoms with Gasteiger partial charge in [0.15, 0.2) is 11.6 Å². The lowest BCUT2D eigenvalue weighted by atomic mass is 9.46. The van der Waals surface area contributed by atoms with Gasteiger partial charge in [-0.2, -0.15) is 0 Å². The predicted molar refractivity (Wildman–Crippen MR) is 98.4 cm³/mol. The summed E-state index contributed by atoms with van der Waals surface area (Å²) in [6, 6.07) is 0. The lowest BCUT2D eigenvalue weighted by Crippen LogP contribution is -2.61. The number of rotatable bonds is 2. The smallest absolute Gasteiger partial charge is 0.178 e. The van der Waals surface area contributed by atoms with E-state index >= 15 is 0 Å². The summed E-state index contributed by atoms with van der Waals surface area (Å²) in [5.41, 5.74) is -0.207. The lowest BCUT2D eigenvalue weighted by molar-refractivity contribution is -0.182. The predicted octanol–water partition coefficient (Wildman–Crippen LogP) is 3.24. The molecule has 0 amide bonds. The first kappa shape index (κ1) is 18.1. The number of aliphatic hydroxyl groups excluding tert-OH is 1. The van der Waals surface area contributed by atoms with E-state index in [1.807, 2.05) is 6.08 Å². The van der Waals surface area contributed by atoms with E-state index in [4.69, 9.17) is 4.74 Å². The fourth-order valence-corrected chi connectivity index (χ4v) is 7.37. The first-order valence-corrected chi connectivity index (χ1v) is 9.88. The highest BCUT2D eigenvalue weighted by Crippen LogP contribution is 2.67. The molecule has 4 heteroatoms. The van der Waals surface area contributed by atoms with Gasteiger partial charge in [-0.3, -0.25) is 9.59 Å². The number of carbonyl (C=O) groups is 2. The van der Waals surface area contributed by atoms with Crippen molar-refractivity contribution in [2.24, 2.45) is 28.6 Å². The lowest BCUT2D eigenvalue weighted by Gasteiger charge is -2.60. The molecule has 0 aromatic carbocycles. The zero-order chi connectivity index (χ0) is 18.9. The van der Waals surface area contributed by atoms with Gasteiger partial charge in [0.2, 0.25) is 0 Å². The molecule has 3 fully saturated rings. The van der Waals surface area contributed by atoms with Crippen molar-refractivity contribution in [3.63, 3.8) is 0 Å². The molecule has 0 aromatic rings. The van der Waals surface area contributed by atoms with E-state index in [0.29, 0.717) is 18.3 Å². The number of methoxy groups -OCH3 is 1. The summed E-state index contributed by atoms with van der Waals surface area (Å²) in [7, 11) is 1.64. The van der Waals surface area contributed by atoms with E-state index in [1.165, 1.54) is 0 Å². The van der Waals surface area contributed by atoms with Gasteiger partial charge in [-0.15, -0.1) is 0 Å². The molecule has 0 bridgehead atoms. The normalized spacial score (nSPS) is 49.9. The molecule has 7 atom stereocenters. The number of hydrogen-bond donors (Lipinski definition) is 1. The Labute approximate surface area is 155 Å². The minimum Gasteiger partial charge on any atom is -0.393 e. The zero-order valence-corrected chi connectivity index (χ0v) is 16.2. The van der Waals surface area contributed by atoms with Crippen molar-refractivity contribution >= 4 is 11.6 Å². The summed E-state index contributed by atoms with van der Waals surface area (Å²) in [6.45, 7) is 5.96. The van der Waals surface area contributed by atoms with Crippen molar-refractivity contribution in [3.8, 4) is 0 Å². The largest absolute Gasteiger partial charge is 0.393 e. The molecule has 1 N–H and O–H groups in total. The van der Waals surface area contributed by atoms with Gasteiger partial charge in [0.1, 0.15) is 5.60 Å². The Bertz CT molecular complexity index is 722. The average molecular weight is 358 g/mol. The van der Waals surface area contributed by atoms with Gasteiger partial charge in [-0.1, -0.05) is 25.5 Å². The Balaban J connectivity index is 1.77. The number of carbonyl (C=O) groups excluding carboxylic acids is 2. The van der Waals surface area contributed by atoms with Crippen LogP contribution in [0.3, 0.4) is 0 Å². The molecule has 0 heterocycles. The number of ketones is 2. The van der Waals surface area contributed by atoms with Crippen LogP contribution in [-0.4, -0.2) is 35.5 Å². The van der Waals surface area contributed by atoms with E-state index < -0.39 is 11.7 Å². The van der Waals surface area contributed by atoms with Gasteiger partial charge in [0.05, 0.1) is 6.10 Å². The van der Waals surface area contributed by atoms with Gasteiger partial charge in [0.25, 0.3) is 0 Å². The second-order valence-corrected chi connectivity index (χ2v) is 9.34. The number of ether oxygens (including phenoxy) is 1. The average Bonchev–Trinajstić information content (AvgIpc) is 2.88. The molecule has 0 aliphatic heterocycles. The standard InChI is InChI=1S/C22H30O4/c1-13(23)22(26-4)10-8-17-16-6-5-14-11-15(24)7-9-20(14,2)19(16)18(25)12-21(17,22)3/h7,9,11,16-19,25H,5-6,8,10,12H2,1-4H3/t16?,17?,18?,19?,20-,21-,22-/m0/s1. The minimum absolute atomic E-state index is 0.0573. The van der Waals surface area contributed by atoms with Crippen LogP contribution in [-0.2, 0) is 14.3 Å². The summed E-state index contributed by atoms with van der Waals surface area (Å²) >= 11 is 0. The Hall–Kier alpha value is -1.26. The van der Waals surface area contributed by atoms with Crippen molar-refractivity contribution in [1.29, 1.82) is 0 Å². The fraction of sp³-hybridized carbons (Fsp3) is 0.727. The van der Waals surface area contributed by atoms with Crippen molar-refractivity contribution in [1.82, 2.24) is 0 Å². The second kappa shape index (κ2) is 5.62. The van der Waals surface area contributed by atoms with Crippen LogP contribution in [0.4, 0.5) is 0 Å². The third-order valence-corrected chi connectivity index (χ3v) is 8.53. The Kier molecular flexibility index (Phi) is 3.92. The van der Waals surface area contributed by atoms with Crippen LogP contribution in [0.15, 0.2) is 23.8 Å². The first-order valence-electron chi connectivity index (χ1n) is 9.88. The second-order valence-electron chi connectivity index (χ2n) is 9.34. The van der Waals surface area contributed by atoms with Crippen LogP contribution in [0.2, 0.25) is 0 Å². The molecule has 0 radical (unpaired) electrons. The van der Waals surface area contributed by atoms with Gasteiger partial charge < -0.3 is 9.84 Å². The van der Waals surface area contributed by atoms with Crippen molar-refractivity contribution < 1.29 is 19.4 Å². The van der Waals surface area contributed by atoms with Crippen molar-refractivity contribution in [2.45, 2.75) is 64.6 Å². The molecule has 0 spiro atoms. The van der Waals surface area contributed by atoms with Crippen LogP contribution in [0.1, 0.15) is 52.9 Å². The quantitative estimate of drug-likeness (QED) is 0.823.